The second-order valence-corrected chi connectivity index (χ2v) is 6.51. The van der Waals surface area contributed by atoms with E-state index in [1.165, 1.54) is 6.33 Å². The highest BCUT2D eigenvalue weighted by molar-refractivity contribution is 5.76. The second kappa shape index (κ2) is 7.25. The first-order valence-corrected chi connectivity index (χ1v) is 8.56. The van der Waals surface area contributed by atoms with E-state index in [2.05, 4.69) is 20.4 Å². The predicted molar refractivity (Wildman–Crippen MR) is 89.8 cm³/mol. The number of aryl methyl sites for hydroxylation is 2. The van der Waals surface area contributed by atoms with Crippen molar-refractivity contribution in [3.8, 4) is 0 Å². The smallest absolute Gasteiger partial charge is 0.252 e. The quantitative estimate of drug-likeness (QED) is 0.902. The molecule has 0 unspecified atom stereocenters. The normalized spacial score (nSPS) is 21.1. The average Bonchev–Trinajstić information content (AvgIpc) is 3.04. The van der Waals surface area contributed by atoms with E-state index in [0.29, 0.717) is 24.7 Å². The Kier molecular flexibility index (Phi) is 5.08. The van der Waals surface area contributed by atoms with Crippen molar-refractivity contribution in [2.75, 3.05) is 7.11 Å². The predicted octanol–water partition coefficient (Wildman–Crippen LogP) is 1.75. The fourth-order valence-electron chi connectivity index (χ4n) is 3.50. The fourth-order valence-corrected chi connectivity index (χ4v) is 3.50. The number of carbonyl (C=O) groups is 1. The minimum Gasteiger partial charge on any atom is -0.381 e. The number of hydrogen-bond acceptors (Lipinski definition) is 5. The van der Waals surface area contributed by atoms with E-state index in [-0.39, 0.29) is 11.9 Å². The number of aromatic nitrogens is 4. The summed E-state index contributed by atoms with van der Waals surface area (Å²) < 4.78 is 7.10. The number of fused-ring (bicyclic) bond motifs is 1. The minimum atomic E-state index is 0.105. The first kappa shape index (κ1) is 16.8. The van der Waals surface area contributed by atoms with Gasteiger partial charge in [0, 0.05) is 31.0 Å². The van der Waals surface area contributed by atoms with Crippen LogP contribution < -0.4 is 5.32 Å². The van der Waals surface area contributed by atoms with Crippen LogP contribution >= 0.6 is 0 Å². The van der Waals surface area contributed by atoms with Gasteiger partial charge in [0.25, 0.3) is 5.78 Å². The van der Waals surface area contributed by atoms with Gasteiger partial charge in [-0.3, -0.25) is 4.79 Å². The van der Waals surface area contributed by atoms with Crippen molar-refractivity contribution in [1.82, 2.24) is 24.9 Å². The van der Waals surface area contributed by atoms with E-state index in [9.17, 15) is 4.79 Å². The topological polar surface area (TPSA) is 81.4 Å². The van der Waals surface area contributed by atoms with Gasteiger partial charge >= 0.3 is 0 Å². The molecule has 1 aliphatic rings. The molecule has 3 rings (SSSR count). The van der Waals surface area contributed by atoms with Crippen LogP contribution in [0, 0.1) is 13.8 Å². The number of ether oxygens (including phenoxy) is 1. The summed E-state index contributed by atoms with van der Waals surface area (Å²) in [6.07, 6.45) is 7.02. The molecule has 1 saturated carbocycles. The Balaban J connectivity index is 1.57. The summed E-state index contributed by atoms with van der Waals surface area (Å²) in [5, 5.41) is 7.34. The van der Waals surface area contributed by atoms with Crippen molar-refractivity contribution in [1.29, 1.82) is 0 Å². The summed E-state index contributed by atoms with van der Waals surface area (Å²) in [4.78, 5) is 20.8. The lowest BCUT2D eigenvalue weighted by Gasteiger charge is -2.28. The molecule has 0 atom stereocenters. The Morgan fingerprint density at radius 1 is 1.33 bits per heavy atom. The van der Waals surface area contributed by atoms with E-state index in [4.69, 9.17) is 4.74 Å². The summed E-state index contributed by atoms with van der Waals surface area (Å²) in [5.41, 5.74) is 3.00. The molecular weight excluding hydrogens is 306 g/mol. The molecule has 0 bridgehead atoms. The van der Waals surface area contributed by atoms with Gasteiger partial charge in [0.1, 0.15) is 6.33 Å². The standard InChI is InChI=1S/C17H25N5O2/c1-11-15(12(2)22-17(20-11)18-10-19-22)8-9-16(23)21-13-4-6-14(24-3)7-5-13/h10,13-14H,4-9H2,1-3H3,(H,21,23). The van der Waals surface area contributed by atoms with Crippen LogP contribution in [0.15, 0.2) is 6.33 Å². The minimum absolute atomic E-state index is 0.105. The van der Waals surface area contributed by atoms with Gasteiger partial charge < -0.3 is 10.1 Å². The van der Waals surface area contributed by atoms with E-state index >= 15 is 0 Å². The first-order chi connectivity index (χ1) is 11.6. The van der Waals surface area contributed by atoms with Crippen LogP contribution in [0.5, 0.6) is 0 Å². The van der Waals surface area contributed by atoms with Gasteiger partial charge in [0.05, 0.1) is 6.10 Å². The van der Waals surface area contributed by atoms with Crippen LogP contribution in [-0.2, 0) is 16.0 Å². The summed E-state index contributed by atoms with van der Waals surface area (Å²) >= 11 is 0. The van der Waals surface area contributed by atoms with Gasteiger partial charge in [-0.15, -0.1) is 0 Å². The van der Waals surface area contributed by atoms with Crippen molar-refractivity contribution < 1.29 is 9.53 Å². The molecule has 0 aliphatic heterocycles. The Hall–Kier alpha value is -2.02. The van der Waals surface area contributed by atoms with Crippen molar-refractivity contribution in [2.45, 2.75) is 64.5 Å². The molecule has 0 radical (unpaired) electrons. The third-order valence-electron chi connectivity index (χ3n) is 4.96. The maximum absolute atomic E-state index is 12.3. The number of amides is 1. The van der Waals surface area contributed by atoms with Crippen LogP contribution in [0.4, 0.5) is 0 Å². The zero-order chi connectivity index (χ0) is 17.1. The molecular formula is C17H25N5O2. The number of methoxy groups -OCH3 is 1. The van der Waals surface area contributed by atoms with Crippen molar-refractivity contribution in [3.63, 3.8) is 0 Å². The number of carbonyl (C=O) groups excluding carboxylic acids is 1. The van der Waals surface area contributed by atoms with E-state index in [0.717, 1.165) is 42.6 Å². The van der Waals surface area contributed by atoms with E-state index < -0.39 is 0 Å². The molecule has 2 aromatic rings. The van der Waals surface area contributed by atoms with Crippen LogP contribution in [0.25, 0.3) is 5.78 Å². The maximum Gasteiger partial charge on any atom is 0.252 e. The SMILES string of the molecule is COC1CCC(NC(=O)CCc2c(C)nc3ncnn3c2C)CC1. The largest absolute Gasteiger partial charge is 0.381 e. The molecule has 0 aromatic carbocycles. The summed E-state index contributed by atoms with van der Waals surface area (Å²) in [6, 6.07) is 0.280. The number of hydrogen-bond donors (Lipinski definition) is 1. The molecule has 7 heteroatoms. The molecule has 1 fully saturated rings. The summed E-state index contributed by atoms with van der Waals surface area (Å²) in [6.45, 7) is 3.95. The fraction of sp³-hybridized carbons (Fsp3) is 0.647. The lowest BCUT2D eigenvalue weighted by molar-refractivity contribution is -0.122. The number of rotatable bonds is 5. The third-order valence-corrected chi connectivity index (χ3v) is 4.96. The molecule has 1 amide bonds. The van der Waals surface area contributed by atoms with Gasteiger partial charge in [0.2, 0.25) is 5.91 Å². The highest BCUT2D eigenvalue weighted by atomic mass is 16.5. The zero-order valence-corrected chi connectivity index (χ0v) is 14.6. The Labute approximate surface area is 141 Å². The average molecular weight is 331 g/mol. The molecule has 2 heterocycles. The van der Waals surface area contributed by atoms with Gasteiger partial charge in [-0.2, -0.15) is 10.1 Å². The molecule has 130 valence electrons. The first-order valence-electron chi connectivity index (χ1n) is 8.56. The molecule has 7 nitrogen and oxygen atoms in total. The second-order valence-electron chi connectivity index (χ2n) is 6.51. The van der Waals surface area contributed by atoms with Crippen molar-refractivity contribution in [2.24, 2.45) is 0 Å². The summed E-state index contributed by atoms with van der Waals surface area (Å²) in [5.74, 6) is 0.710. The number of nitrogens with zero attached hydrogens (tertiary/aromatic N) is 4. The van der Waals surface area contributed by atoms with Crippen LogP contribution in [0.3, 0.4) is 0 Å². The molecule has 2 aromatic heterocycles. The third kappa shape index (κ3) is 3.56. The van der Waals surface area contributed by atoms with Gasteiger partial charge in [-0.25, -0.2) is 9.50 Å². The van der Waals surface area contributed by atoms with Gasteiger partial charge in [0.15, 0.2) is 0 Å². The van der Waals surface area contributed by atoms with Crippen LogP contribution in [0.1, 0.15) is 49.1 Å². The molecule has 0 saturated heterocycles. The highest BCUT2D eigenvalue weighted by Crippen LogP contribution is 2.21. The lowest BCUT2D eigenvalue weighted by atomic mass is 9.93. The Morgan fingerprint density at radius 2 is 2.08 bits per heavy atom. The van der Waals surface area contributed by atoms with Gasteiger partial charge in [-0.1, -0.05) is 0 Å². The molecule has 24 heavy (non-hydrogen) atoms. The Morgan fingerprint density at radius 3 is 2.79 bits per heavy atom. The molecule has 0 spiro atoms. The van der Waals surface area contributed by atoms with Crippen LogP contribution in [-0.4, -0.2) is 44.7 Å². The van der Waals surface area contributed by atoms with Crippen molar-refractivity contribution >= 4 is 11.7 Å². The Bertz CT molecular complexity index is 719. The maximum atomic E-state index is 12.3. The molecule has 1 aliphatic carbocycles. The van der Waals surface area contributed by atoms with Crippen LogP contribution in [0.2, 0.25) is 0 Å². The van der Waals surface area contributed by atoms with Gasteiger partial charge in [-0.05, 0) is 51.5 Å². The van der Waals surface area contributed by atoms with Crippen molar-refractivity contribution in [3.05, 3.63) is 23.3 Å². The molecule has 1 N–H and O–H groups in total. The lowest BCUT2D eigenvalue weighted by Crippen LogP contribution is -2.39. The monoisotopic (exact) mass is 331 g/mol. The van der Waals surface area contributed by atoms with E-state index in [1.54, 1.807) is 11.6 Å². The summed E-state index contributed by atoms with van der Waals surface area (Å²) in [7, 11) is 1.76. The van der Waals surface area contributed by atoms with E-state index in [1.807, 2.05) is 13.8 Å². The zero-order valence-electron chi connectivity index (χ0n) is 14.6. The number of nitrogens with one attached hydrogen (secondary N) is 1. The highest BCUT2D eigenvalue weighted by Gasteiger charge is 2.22.